The van der Waals surface area contributed by atoms with Gasteiger partial charge in [-0.2, -0.15) is 0 Å². The molecule has 5 nitrogen and oxygen atoms in total. The van der Waals surface area contributed by atoms with Crippen LogP contribution in [0.15, 0.2) is 48.5 Å². The molecule has 2 rings (SSSR count). The van der Waals surface area contributed by atoms with Crippen molar-refractivity contribution in [3.05, 3.63) is 65.2 Å². The minimum Gasteiger partial charge on any atom is -0.497 e. The van der Waals surface area contributed by atoms with Crippen LogP contribution in [0.1, 0.15) is 41.8 Å². The number of carbonyl (C=O) groups is 2. The Kier molecular flexibility index (Phi) is 7.61. The summed E-state index contributed by atoms with van der Waals surface area (Å²) in [5.41, 5.74) is 2.49. The van der Waals surface area contributed by atoms with Gasteiger partial charge in [0, 0.05) is 19.2 Å². The van der Waals surface area contributed by atoms with Crippen molar-refractivity contribution in [3.63, 3.8) is 0 Å². The second-order valence-corrected chi connectivity index (χ2v) is 7.51. The van der Waals surface area contributed by atoms with E-state index in [9.17, 15) is 9.59 Å². The molecule has 5 heteroatoms. The van der Waals surface area contributed by atoms with Crippen LogP contribution in [-0.2, 0) is 11.3 Å². The number of amides is 2. The van der Waals surface area contributed by atoms with Crippen molar-refractivity contribution >= 4 is 11.8 Å². The Morgan fingerprint density at radius 1 is 1.07 bits per heavy atom. The molecule has 0 aliphatic heterocycles. The van der Waals surface area contributed by atoms with Crippen LogP contribution in [-0.4, -0.2) is 36.9 Å². The first-order valence-electron chi connectivity index (χ1n) is 9.56. The highest BCUT2D eigenvalue weighted by Gasteiger charge is 2.25. The molecule has 0 aliphatic rings. The number of rotatable bonds is 8. The molecule has 0 radical (unpaired) electrons. The van der Waals surface area contributed by atoms with Gasteiger partial charge in [0.15, 0.2) is 0 Å². The van der Waals surface area contributed by atoms with E-state index in [1.807, 2.05) is 63.2 Å². The number of methoxy groups -OCH3 is 1. The monoisotopic (exact) mass is 382 g/mol. The van der Waals surface area contributed by atoms with Gasteiger partial charge in [-0.15, -0.1) is 0 Å². The minimum absolute atomic E-state index is 0.0912. The van der Waals surface area contributed by atoms with Gasteiger partial charge in [-0.3, -0.25) is 9.59 Å². The highest BCUT2D eigenvalue weighted by molar-refractivity contribution is 5.98. The third-order valence-electron chi connectivity index (χ3n) is 4.66. The maximum Gasteiger partial charge on any atom is 0.252 e. The molecule has 0 aromatic heterocycles. The molecule has 0 heterocycles. The summed E-state index contributed by atoms with van der Waals surface area (Å²) in [5.74, 6) is 0.753. The molecule has 2 aromatic rings. The van der Waals surface area contributed by atoms with Crippen LogP contribution in [0.25, 0.3) is 0 Å². The largest absolute Gasteiger partial charge is 0.497 e. The van der Waals surface area contributed by atoms with Crippen molar-refractivity contribution in [3.8, 4) is 5.75 Å². The lowest BCUT2D eigenvalue weighted by Gasteiger charge is -2.26. The average molecular weight is 383 g/mol. The van der Waals surface area contributed by atoms with Gasteiger partial charge in [0.2, 0.25) is 5.91 Å². The van der Waals surface area contributed by atoms with Gasteiger partial charge < -0.3 is 15.0 Å². The third kappa shape index (κ3) is 5.84. The zero-order valence-electron chi connectivity index (χ0n) is 17.4. The van der Waals surface area contributed by atoms with Crippen LogP contribution in [0.3, 0.4) is 0 Å². The molecule has 150 valence electrons. The van der Waals surface area contributed by atoms with Gasteiger partial charge in [-0.25, -0.2) is 0 Å². The van der Waals surface area contributed by atoms with Gasteiger partial charge in [-0.1, -0.05) is 44.2 Å². The summed E-state index contributed by atoms with van der Waals surface area (Å²) in [6, 6.07) is 14.5. The summed E-state index contributed by atoms with van der Waals surface area (Å²) in [7, 11) is 3.39. The number of benzene rings is 2. The third-order valence-corrected chi connectivity index (χ3v) is 4.66. The predicted molar refractivity (Wildman–Crippen MR) is 111 cm³/mol. The maximum absolute atomic E-state index is 13.0. The highest BCUT2D eigenvalue weighted by Crippen LogP contribution is 2.15. The molecule has 0 saturated carbocycles. The van der Waals surface area contributed by atoms with Crippen LogP contribution in [0.4, 0.5) is 0 Å². The summed E-state index contributed by atoms with van der Waals surface area (Å²) in [5, 5.41) is 2.94. The van der Waals surface area contributed by atoms with Crippen LogP contribution in [0, 0.1) is 12.8 Å². The van der Waals surface area contributed by atoms with Crippen LogP contribution in [0.5, 0.6) is 5.75 Å². The molecule has 1 atom stereocenters. The van der Waals surface area contributed by atoms with Crippen LogP contribution >= 0.6 is 0 Å². The van der Waals surface area contributed by atoms with Gasteiger partial charge in [-0.05, 0) is 48.6 Å². The van der Waals surface area contributed by atoms with E-state index < -0.39 is 6.04 Å². The Balaban J connectivity index is 2.10. The SMILES string of the molecule is COc1ccc(CN(C)C(=O)C(CC(C)C)NC(=O)c2ccccc2C)cc1. The quantitative estimate of drug-likeness (QED) is 0.755. The van der Waals surface area contributed by atoms with E-state index in [4.69, 9.17) is 4.74 Å². The van der Waals surface area contributed by atoms with Gasteiger partial charge >= 0.3 is 0 Å². The second-order valence-electron chi connectivity index (χ2n) is 7.51. The van der Waals surface area contributed by atoms with Gasteiger partial charge in [0.25, 0.3) is 5.91 Å². The molecular formula is C23H30N2O3. The number of nitrogens with one attached hydrogen (secondary N) is 1. The van der Waals surface area contributed by atoms with Crippen molar-refractivity contribution in [2.45, 2.75) is 39.8 Å². The fourth-order valence-electron chi connectivity index (χ4n) is 3.11. The molecule has 0 bridgehead atoms. The summed E-state index contributed by atoms with van der Waals surface area (Å²) in [6.45, 7) is 6.45. The number of likely N-dealkylation sites (N-methyl/N-ethyl adjacent to an activating group) is 1. The van der Waals surface area contributed by atoms with Crippen molar-refractivity contribution in [1.82, 2.24) is 10.2 Å². The van der Waals surface area contributed by atoms with E-state index in [-0.39, 0.29) is 17.7 Å². The summed E-state index contributed by atoms with van der Waals surface area (Å²) >= 11 is 0. The zero-order valence-corrected chi connectivity index (χ0v) is 17.4. The van der Waals surface area contributed by atoms with Crippen LogP contribution < -0.4 is 10.1 Å². The lowest BCUT2D eigenvalue weighted by Crippen LogP contribution is -2.47. The fraction of sp³-hybridized carbons (Fsp3) is 0.391. The van der Waals surface area contributed by atoms with E-state index in [1.165, 1.54) is 0 Å². The molecule has 1 N–H and O–H groups in total. The first-order chi connectivity index (χ1) is 13.3. The van der Waals surface area contributed by atoms with Gasteiger partial charge in [0.05, 0.1) is 7.11 Å². The number of ether oxygens (including phenoxy) is 1. The topological polar surface area (TPSA) is 58.6 Å². The molecule has 0 saturated heterocycles. The minimum atomic E-state index is -0.560. The Morgan fingerprint density at radius 3 is 2.29 bits per heavy atom. The molecule has 1 unspecified atom stereocenters. The summed E-state index contributed by atoms with van der Waals surface area (Å²) < 4.78 is 5.17. The first kappa shape index (κ1) is 21.5. The molecule has 0 fully saturated rings. The lowest BCUT2D eigenvalue weighted by molar-refractivity contribution is -0.132. The fourth-order valence-corrected chi connectivity index (χ4v) is 3.11. The van der Waals surface area contributed by atoms with E-state index >= 15 is 0 Å². The number of carbonyl (C=O) groups excluding carboxylic acids is 2. The molecule has 0 aliphatic carbocycles. The zero-order chi connectivity index (χ0) is 20.7. The first-order valence-corrected chi connectivity index (χ1v) is 9.56. The Morgan fingerprint density at radius 2 is 1.71 bits per heavy atom. The average Bonchev–Trinajstić information content (AvgIpc) is 2.67. The Bertz CT molecular complexity index is 800. The summed E-state index contributed by atoms with van der Waals surface area (Å²) in [6.07, 6.45) is 0.587. The number of nitrogens with zero attached hydrogens (tertiary/aromatic N) is 1. The van der Waals surface area contributed by atoms with E-state index in [0.29, 0.717) is 18.5 Å². The molecule has 2 amide bonds. The number of hydrogen-bond donors (Lipinski definition) is 1. The van der Waals surface area contributed by atoms with Crippen molar-refractivity contribution < 1.29 is 14.3 Å². The number of aryl methyl sites for hydroxylation is 1. The number of hydrogen-bond acceptors (Lipinski definition) is 3. The molecular weight excluding hydrogens is 352 g/mol. The van der Waals surface area contributed by atoms with Crippen molar-refractivity contribution in [2.75, 3.05) is 14.2 Å². The normalized spacial score (nSPS) is 11.8. The van der Waals surface area contributed by atoms with Gasteiger partial charge in [0.1, 0.15) is 11.8 Å². The van der Waals surface area contributed by atoms with Crippen molar-refractivity contribution in [2.24, 2.45) is 5.92 Å². The standard InChI is InChI=1S/C23H30N2O3/c1-16(2)14-21(24-22(26)20-9-7-6-8-17(20)3)23(27)25(4)15-18-10-12-19(28-5)13-11-18/h6-13,16,21H,14-15H2,1-5H3,(H,24,26). The lowest BCUT2D eigenvalue weighted by atomic mass is 10.0. The highest BCUT2D eigenvalue weighted by atomic mass is 16.5. The smallest absolute Gasteiger partial charge is 0.252 e. The second kappa shape index (κ2) is 9.93. The summed E-state index contributed by atoms with van der Waals surface area (Å²) in [4.78, 5) is 27.4. The van der Waals surface area contributed by atoms with Crippen molar-refractivity contribution in [1.29, 1.82) is 0 Å². The van der Waals surface area contributed by atoms with E-state index in [0.717, 1.165) is 16.9 Å². The predicted octanol–water partition coefficient (Wildman–Crippen LogP) is 3.81. The Labute approximate surface area is 167 Å². The molecule has 28 heavy (non-hydrogen) atoms. The maximum atomic E-state index is 13.0. The Hall–Kier alpha value is -2.82. The van der Waals surface area contributed by atoms with Crippen LogP contribution in [0.2, 0.25) is 0 Å². The van der Waals surface area contributed by atoms with E-state index in [2.05, 4.69) is 5.32 Å². The van der Waals surface area contributed by atoms with E-state index in [1.54, 1.807) is 25.1 Å². The molecule has 2 aromatic carbocycles. The molecule has 0 spiro atoms.